The van der Waals surface area contributed by atoms with Gasteiger partial charge in [0.15, 0.2) is 0 Å². The molecule has 1 aliphatic heterocycles. The van der Waals surface area contributed by atoms with E-state index in [0.29, 0.717) is 12.1 Å². The first-order valence-corrected chi connectivity index (χ1v) is 9.26. The van der Waals surface area contributed by atoms with Crippen LogP contribution in [0.5, 0.6) is 0 Å². The summed E-state index contributed by atoms with van der Waals surface area (Å²) in [5.41, 5.74) is 1.50. The molecule has 0 aliphatic carbocycles. The van der Waals surface area contributed by atoms with Crippen LogP contribution in [-0.4, -0.2) is 62.2 Å². The van der Waals surface area contributed by atoms with Gasteiger partial charge >= 0.3 is 0 Å². The second-order valence-electron chi connectivity index (χ2n) is 6.45. The number of aryl methyl sites for hydroxylation is 1. The van der Waals surface area contributed by atoms with E-state index in [-0.39, 0.29) is 0 Å². The number of likely N-dealkylation sites (N-methyl/N-ethyl adjacent to an activating group) is 2. The summed E-state index contributed by atoms with van der Waals surface area (Å²) in [6.45, 7) is 7.00. The molecule has 1 aromatic rings. The highest BCUT2D eigenvalue weighted by Crippen LogP contribution is 2.16. The van der Waals surface area contributed by atoms with Gasteiger partial charge in [-0.3, -0.25) is 0 Å². The number of thiophene rings is 1. The summed E-state index contributed by atoms with van der Waals surface area (Å²) in [7, 11) is 4.53. The molecular formula is C17H31N3S. The summed E-state index contributed by atoms with van der Waals surface area (Å²) in [6.07, 6.45) is 4.95. The normalized spacial score (nSPS) is 22.5. The average Bonchev–Trinajstić information content (AvgIpc) is 2.99. The van der Waals surface area contributed by atoms with E-state index in [9.17, 15) is 0 Å². The second-order valence-corrected chi connectivity index (χ2v) is 7.23. The molecule has 0 aromatic carbocycles. The third-order valence-corrected chi connectivity index (χ3v) is 5.31. The van der Waals surface area contributed by atoms with E-state index in [4.69, 9.17) is 0 Å². The van der Waals surface area contributed by atoms with Crippen molar-refractivity contribution < 1.29 is 0 Å². The van der Waals surface area contributed by atoms with E-state index in [2.05, 4.69) is 53.0 Å². The van der Waals surface area contributed by atoms with Crippen LogP contribution in [0.25, 0.3) is 0 Å². The maximum absolute atomic E-state index is 3.77. The van der Waals surface area contributed by atoms with Crippen molar-refractivity contribution in [1.29, 1.82) is 0 Å². The smallest absolute Gasteiger partial charge is 0.0235 e. The van der Waals surface area contributed by atoms with Crippen LogP contribution in [-0.2, 0) is 6.42 Å². The Kier molecular flexibility index (Phi) is 7.17. The Balaban J connectivity index is 1.85. The summed E-state index contributed by atoms with van der Waals surface area (Å²) >= 11 is 1.81. The Morgan fingerprint density at radius 3 is 2.95 bits per heavy atom. The van der Waals surface area contributed by atoms with Crippen molar-refractivity contribution >= 4 is 11.3 Å². The molecule has 1 fully saturated rings. The maximum Gasteiger partial charge on any atom is 0.0235 e. The highest BCUT2D eigenvalue weighted by molar-refractivity contribution is 7.07. The zero-order chi connectivity index (χ0) is 15.1. The fourth-order valence-corrected chi connectivity index (χ4v) is 3.82. The van der Waals surface area contributed by atoms with Gasteiger partial charge in [-0.1, -0.05) is 6.92 Å². The van der Waals surface area contributed by atoms with Gasteiger partial charge in [0.1, 0.15) is 0 Å². The molecule has 2 rings (SSSR count). The molecule has 0 saturated carbocycles. The second kappa shape index (κ2) is 8.89. The summed E-state index contributed by atoms with van der Waals surface area (Å²) in [6, 6.07) is 3.60. The average molecular weight is 310 g/mol. The molecule has 3 nitrogen and oxygen atoms in total. The van der Waals surface area contributed by atoms with Crippen molar-refractivity contribution in [2.24, 2.45) is 0 Å². The van der Waals surface area contributed by atoms with Gasteiger partial charge in [-0.2, -0.15) is 11.3 Å². The summed E-state index contributed by atoms with van der Waals surface area (Å²) in [5.74, 6) is 0. The standard InChI is InChI=1S/C17H31N3S/c1-4-8-18-16(6-5-15-7-11-21-14-15)12-17-13-19(2)9-10-20(17)3/h7,11,14,16-18H,4-6,8-10,12-13H2,1-3H3. The number of nitrogens with one attached hydrogen (secondary N) is 1. The van der Waals surface area contributed by atoms with Gasteiger partial charge in [0.25, 0.3) is 0 Å². The van der Waals surface area contributed by atoms with Crippen molar-refractivity contribution in [2.45, 2.75) is 44.7 Å². The Labute approximate surface area is 134 Å². The third-order valence-electron chi connectivity index (χ3n) is 4.58. The molecule has 120 valence electrons. The van der Waals surface area contributed by atoms with Crippen molar-refractivity contribution in [3.05, 3.63) is 22.4 Å². The van der Waals surface area contributed by atoms with Crippen LogP contribution in [0.4, 0.5) is 0 Å². The van der Waals surface area contributed by atoms with Gasteiger partial charge < -0.3 is 15.1 Å². The molecule has 0 bridgehead atoms. The lowest BCUT2D eigenvalue weighted by atomic mass is 9.98. The Hall–Kier alpha value is -0.420. The van der Waals surface area contributed by atoms with Crippen LogP contribution in [0, 0.1) is 0 Å². The van der Waals surface area contributed by atoms with E-state index in [1.165, 1.54) is 50.9 Å². The summed E-state index contributed by atoms with van der Waals surface area (Å²) in [5, 5.41) is 8.25. The number of hydrogen-bond donors (Lipinski definition) is 1. The molecule has 1 aromatic heterocycles. The zero-order valence-corrected chi connectivity index (χ0v) is 14.7. The molecule has 21 heavy (non-hydrogen) atoms. The predicted molar refractivity (Wildman–Crippen MR) is 93.3 cm³/mol. The van der Waals surface area contributed by atoms with Gasteiger partial charge in [0.05, 0.1) is 0 Å². The fourth-order valence-electron chi connectivity index (χ4n) is 3.11. The quantitative estimate of drug-likeness (QED) is 0.796. The van der Waals surface area contributed by atoms with Gasteiger partial charge in [-0.05, 0) is 68.7 Å². The van der Waals surface area contributed by atoms with Gasteiger partial charge in [-0.25, -0.2) is 0 Å². The van der Waals surface area contributed by atoms with Crippen molar-refractivity contribution in [3.63, 3.8) is 0 Å². The van der Waals surface area contributed by atoms with Crippen LogP contribution in [0.15, 0.2) is 16.8 Å². The molecule has 2 heterocycles. The van der Waals surface area contributed by atoms with E-state index < -0.39 is 0 Å². The van der Waals surface area contributed by atoms with E-state index >= 15 is 0 Å². The van der Waals surface area contributed by atoms with E-state index in [1.807, 2.05) is 11.3 Å². The molecule has 4 heteroatoms. The fraction of sp³-hybridized carbons (Fsp3) is 0.765. The minimum Gasteiger partial charge on any atom is -0.314 e. The lowest BCUT2D eigenvalue weighted by Gasteiger charge is -2.39. The highest BCUT2D eigenvalue weighted by atomic mass is 32.1. The Bertz CT molecular complexity index is 379. The summed E-state index contributed by atoms with van der Waals surface area (Å²) in [4.78, 5) is 5.02. The SMILES string of the molecule is CCCNC(CCc1ccsc1)CC1CN(C)CCN1C. The molecule has 2 unspecified atom stereocenters. The molecule has 0 radical (unpaired) electrons. The van der Waals surface area contributed by atoms with Gasteiger partial charge in [-0.15, -0.1) is 0 Å². The number of nitrogens with zero attached hydrogens (tertiary/aromatic N) is 2. The number of piperazine rings is 1. The van der Waals surface area contributed by atoms with Crippen LogP contribution in [0.1, 0.15) is 31.7 Å². The van der Waals surface area contributed by atoms with Gasteiger partial charge in [0.2, 0.25) is 0 Å². The molecule has 0 amide bonds. The predicted octanol–water partition coefficient (Wildman–Crippen LogP) is 2.68. The largest absolute Gasteiger partial charge is 0.314 e. The lowest BCUT2D eigenvalue weighted by Crippen LogP contribution is -2.52. The van der Waals surface area contributed by atoms with Crippen molar-refractivity contribution in [2.75, 3.05) is 40.3 Å². The van der Waals surface area contributed by atoms with E-state index in [1.54, 1.807) is 0 Å². The Morgan fingerprint density at radius 2 is 2.24 bits per heavy atom. The summed E-state index contributed by atoms with van der Waals surface area (Å²) < 4.78 is 0. The van der Waals surface area contributed by atoms with Gasteiger partial charge in [0, 0.05) is 31.7 Å². The minimum absolute atomic E-state index is 0.642. The topological polar surface area (TPSA) is 18.5 Å². The molecule has 1 aliphatic rings. The van der Waals surface area contributed by atoms with Crippen LogP contribution >= 0.6 is 11.3 Å². The van der Waals surface area contributed by atoms with Crippen LogP contribution in [0.3, 0.4) is 0 Å². The van der Waals surface area contributed by atoms with Crippen LogP contribution < -0.4 is 5.32 Å². The molecule has 1 saturated heterocycles. The van der Waals surface area contributed by atoms with Crippen LogP contribution in [0.2, 0.25) is 0 Å². The first kappa shape index (κ1) is 16.9. The molecular weight excluding hydrogens is 278 g/mol. The van der Waals surface area contributed by atoms with Crippen molar-refractivity contribution in [1.82, 2.24) is 15.1 Å². The molecule has 0 spiro atoms. The van der Waals surface area contributed by atoms with Crippen molar-refractivity contribution in [3.8, 4) is 0 Å². The zero-order valence-electron chi connectivity index (χ0n) is 13.8. The minimum atomic E-state index is 0.642. The molecule has 1 N–H and O–H groups in total. The highest BCUT2D eigenvalue weighted by Gasteiger charge is 2.24. The maximum atomic E-state index is 3.77. The first-order valence-electron chi connectivity index (χ1n) is 8.32. The lowest BCUT2D eigenvalue weighted by molar-refractivity contribution is 0.100. The number of rotatable bonds is 8. The monoisotopic (exact) mass is 309 g/mol. The third kappa shape index (κ3) is 5.70. The first-order chi connectivity index (χ1) is 10.2. The molecule has 2 atom stereocenters. The van der Waals surface area contributed by atoms with E-state index in [0.717, 1.165) is 6.54 Å². The Morgan fingerprint density at radius 1 is 1.38 bits per heavy atom. The number of hydrogen-bond acceptors (Lipinski definition) is 4.